The second-order valence-corrected chi connectivity index (χ2v) is 9.01. The Morgan fingerprint density at radius 1 is 0.812 bits per heavy atom. The Labute approximate surface area is 192 Å². The smallest absolute Gasteiger partial charge is 0.275 e. The van der Waals surface area contributed by atoms with Crippen molar-refractivity contribution in [2.24, 2.45) is 0 Å². The van der Waals surface area contributed by atoms with Gasteiger partial charge < -0.3 is 5.73 Å². The first-order chi connectivity index (χ1) is 15.6. The number of fused-ring (bicyclic) bond motifs is 4. The van der Waals surface area contributed by atoms with Crippen LogP contribution in [-0.4, -0.2) is 15.5 Å². The lowest BCUT2D eigenvalue weighted by molar-refractivity contribution is 0.0974. The van der Waals surface area contributed by atoms with Crippen LogP contribution in [0.5, 0.6) is 0 Å². The minimum absolute atomic E-state index is 0.143. The maximum atomic E-state index is 13.8. The molecule has 6 aromatic rings. The van der Waals surface area contributed by atoms with E-state index in [0.29, 0.717) is 15.6 Å². The number of pyridine rings is 1. The van der Waals surface area contributed by atoms with E-state index >= 15 is 0 Å². The number of hydrogen-bond acceptors (Lipinski definition) is 4. The van der Waals surface area contributed by atoms with Gasteiger partial charge >= 0.3 is 0 Å². The summed E-state index contributed by atoms with van der Waals surface area (Å²) < 4.78 is 1.76. The average molecular weight is 454 g/mol. The minimum Gasteiger partial charge on any atom is -0.397 e. The lowest BCUT2D eigenvalue weighted by Gasteiger charge is -2.05. The molecule has 0 aliphatic rings. The van der Waals surface area contributed by atoms with Gasteiger partial charge in [0.15, 0.2) is 0 Å². The number of carbonyl (C=O) groups excluding carboxylic acids is 1. The van der Waals surface area contributed by atoms with Gasteiger partial charge in [-0.05, 0) is 36.4 Å². The maximum absolute atomic E-state index is 13.8. The first kappa shape index (κ1) is 19.0. The lowest BCUT2D eigenvalue weighted by atomic mass is 10.1. The van der Waals surface area contributed by atoms with Crippen LogP contribution in [0.2, 0.25) is 5.02 Å². The van der Waals surface area contributed by atoms with Crippen molar-refractivity contribution in [1.82, 2.24) is 9.55 Å². The van der Waals surface area contributed by atoms with Crippen LogP contribution in [-0.2, 0) is 0 Å². The van der Waals surface area contributed by atoms with E-state index in [9.17, 15) is 4.79 Å². The van der Waals surface area contributed by atoms with E-state index in [0.717, 1.165) is 43.3 Å². The van der Waals surface area contributed by atoms with Gasteiger partial charge in [0, 0.05) is 26.7 Å². The molecule has 0 spiro atoms. The fraction of sp³-hybridized carbons (Fsp3) is 0. The molecule has 154 valence electrons. The lowest BCUT2D eigenvalue weighted by Crippen LogP contribution is -2.11. The number of thiophene rings is 1. The number of nitrogens with two attached hydrogens (primary N) is 1. The van der Waals surface area contributed by atoms with Gasteiger partial charge in [-0.1, -0.05) is 60.1 Å². The second-order valence-electron chi connectivity index (χ2n) is 7.58. The summed E-state index contributed by atoms with van der Waals surface area (Å²) in [5.41, 5.74) is 10.4. The molecule has 0 bridgehead atoms. The van der Waals surface area contributed by atoms with Crippen molar-refractivity contribution in [3.8, 4) is 11.3 Å². The fourth-order valence-electron chi connectivity index (χ4n) is 4.18. The van der Waals surface area contributed by atoms with E-state index < -0.39 is 0 Å². The van der Waals surface area contributed by atoms with Crippen molar-refractivity contribution < 1.29 is 4.79 Å². The summed E-state index contributed by atoms with van der Waals surface area (Å²) in [6, 6.07) is 27.2. The summed E-state index contributed by atoms with van der Waals surface area (Å²) in [6.07, 6.45) is 0. The Hall–Kier alpha value is -3.67. The molecule has 0 saturated heterocycles. The normalized spacial score (nSPS) is 11.5. The Morgan fingerprint density at radius 3 is 2.09 bits per heavy atom. The van der Waals surface area contributed by atoms with Crippen molar-refractivity contribution in [3.05, 3.63) is 94.8 Å². The highest BCUT2D eigenvalue weighted by molar-refractivity contribution is 7.21. The number of anilines is 1. The van der Waals surface area contributed by atoms with Crippen LogP contribution in [0.15, 0.2) is 84.9 Å². The standard InChI is InChI=1S/C26H16ClN3OS/c27-16-11-9-15(10-12-16)20-14-13-19-23(28)24(32-25(19)29-20)26(31)30-21-7-3-1-5-17(21)18-6-2-4-8-22(18)30/h1-14H,28H2. The number of halogens is 1. The van der Waals surface area contributed by atoms with Crippen molar-refractivity contribution in [3.63, 3.8) is 0 Å². The van der Waals surface area contributed by atoms with E-state index in [1.807, 2.05) is 84.9 Å². The number of rotatable bonds is 2. The Balaban J connectivity index is 1.53. The first-order valence-corrected chi connectivity index (χ1v) is 11.3. The Bertz CT molecular complexity index is 1610. The van der Waals surface area contributed by atoms with Crippen LogP contribution in [0, 0.1) is 0 Å². The number of carbonyl (C=O) groups is 1. The predicted octanol–water partition coefficient (Wildman–Crippen LogP) is 7.00. The quantitative estimate of drug-likeness (QED) is 0.307. The van der Waals surface area contributed by atoms with Crippen molar-refractivity contribution in [2.45, 2.75) is 0 Å². The minimum atomic E-state index is -0.143. The molecular weight excluding hydrogens is 438 g/mol. The summed E-state index contributed by atoms with van der Waals surface area (Å²) in [7, 11) is 0. The van der Waals surface area contributed by atoms with Gasteiger partial charge in [-0.15, -0.1) is 11.3 Å². The molecule has 3 aromatic heterocycles. The van der Waals surface area contributed by atoms with E-state index in [4.69, 9.17) is 22.3 Å². The van der Waals surface area contributed by atoms with Gasteiger partial charge in [-0.2, -0.15) is 0 Å². The maximum Gasteiger partial charge on any atom is 0.275 e. The molecule has 0 amide bonds. The number of nitrogen functional groups attached to an aromatic ring is 1. The van der Waals surface area contributed by atoms with Gasteiger partial charge in [0.1, 0.15) is 9.71 Å². The molecule has 32 heavy (non-hydrogen) atoms. The molecular formula is C26H16ClN3OS. The number of benzene rings is 3. The largest absolute Gasteiger partial charge is 0.397 e. The molecule has 6 heteroatoms. The number of hydrogen-bond donors (Lipinski definition) is 1. The highest BCUT2D eigenvalue weighted by Gasteiger charge is 2.23. The molecule has 0 unspecified atom stereocenters. The average Bonchev–Trinajstić information content (AvgIpc) is 3.34. The van der Waals surface area contributed by atoms with Gasteiger partial charge in [0.25, 0.3) is 5.91 Å². The number of aromatic nitrogens is 2. The Kier molecular flexibility index (Phi) is 4.28. The molecule has 4 nitrogen and oxygen atoms in total. The van der Waals surface area contributed by atoms with Gasteiger partial charge in [0.05, 0.1) is 22.4 Å². The highest BCUT2D eigenvalue weighted by Crippen LogP contribution is 2.37. The third-order valence-electron chi connectivity index (χ3n) is 5.71. The molecule has 0 saturated carbocycles. The van der Waals surface area contributed by atoms with Crippen LogP contribution in [0.1, 0.15) is 9.67 Å². The molecule has 0 fully saturated rings. The zero-order valence-corrected chi connectivity index (χ0v) is 18.3. The van der Waals surface area contributed by atoms with Crippen LogP contribution in [0.25, 0.3) is 43.3 Å². The number of nitrogens with zero attached hydrogens (tertiary/aromatic N) is 2. The van der Waals surface area contributed by atoms with E-state index in [-0.39, 0.29) is 5.91 Å². The SMILES string of the molecule is Nc1c(C(=O)n2c3ccccc3c3ccccc32)sc2nc(-c3ccc(Cl)cc3)ccc12. The third kappa shape index (κ3) is 2.83. The highest BCUT2D eigenvalue weighted by atomic mass is 35.5. The van der Waals surface area contributed by atoms with Crippen LogP contribution >= 0.6 is 22.9 Å². The topological polar surface area (TPSA) is 60.9 Å². The van der Waals surface area contributed by atoms with E-state index in [2.05, 4.69) is 0 Å². The van der Waals surface area contributed by atoms with Crippen LogP contribution < -0.4 is 5.73 Å². The second kappa shape index (κ2) is 7.19. The molecule has 0 radical (unpaired) electrons. The summed E-state index contributed by atoms with van der Waals surface area (Å²) in [6.45, 7) is 0. The zero-order chi connectivity index (χ0) is 21.8. The van der Waals surface area contributed by atoms with Gasteiger partial charge in [-0.25, -0.2) is 4.98 Å². The fourth-order valence-corrected chi connectivity index (χ4v) is 5.33. The number of para-hydroxylation sites is 2. The van der Waals surface area contributed by atoms with Crippen LogP contribution in [0.4, 0.5) is 5.69 Å². The van der Waals surface area contributed by atoms with Crippen molar-refractivity contribution in [1.29, 1.82) is 0 Å². The summed E-state index contributed by atoms with van der Waals surface area (Å²) in [5, 5.41) is 3.55. The molecule has 0 aliphatic carbocycles. The molecule has 3 heterocycles. The Morgan fingerprint density at radius 2 is 1.44 bits per heavy atom. The molecule has 6 rings (SSSR count). The third-order valence-corrected chi connectivity index (χ3v) is 7.07. The van der Waals surface area contributed by atoms with Gasteiger partial charge in [-0.3, -0.25) is 9.36 Å². The monoisotopic (exact) mass is 453 g/mol. The summed E-state index contributed by atoms with van der Waals surface area (Å²) in [4.78, 5) is 19.8. The van der Waals surface area contributed by atoms with Crippen molar-refractivity contribution in [2.75, 3.05) is 5.73 Å². The predicted molar refractivity (Wildman–Crippen MR) is 134 cm³/mol. The van der Waals surface area contributed by atoms with Gasteiger partial charge in [0.2, 0.25) is 0 Å². The molecule has 2 N–H and O–H groups in total. The molecule has 0 aliphatic heterocycles. The summed E-state index contributed by atoms with van der Waals surface area (Å²) >= 11 is 7.34. The van der Waals surface area contributed by atoms with E-state index in [1.54, 1.807) is 4.57 Å². The molecule has 3 aromatic carbocycles. The summed E-state index contributed by atoms with van der Waals surface area (Å²) in [5.74, 6) is -0.143. The zero-order valence-electron chi connectivity index (χ0n) is 16.7. The van der Waals surface area contributed by atoms with E-state index in [1.165, 1.54) is 11.3 Å². The molecule has 0 atom stereocenters. The van der Waals surface area contributed by atoms with Crippen molar-refractivity contribution >= 4 is 66.6 Å². The van der Waals surface area contributed by atoms with Crippen LogP contribution in [0.3, 0.4) is 0 Å². The first-order valence-electron chi connectivity index (χ1n) is 10.1.